The van der Waals surface area contributed by atoms with Crippen LogP contribution in [0.25, 0.3) is 0 Å². The number of amides is 1. The Balaban J connectivity index is 1.63. The zero-order chi connectivity index (χ0) is 18.0. The molecule has 0 aromatic carbocycles. The van der Waals surface area contributed by atoms with Gasteiger partial charge >= 0.3 is 0 Å². The van der Waals surface area contributed by atoms with E-state index in [-0.39, 0.29) is 28.6 Å². The largest absolute Gasteiger partial charge is 0.349 e. The van der Waals surface area contributed by atoms with Crippen LogP contribution in [0.3, 0.4) is 0 Å². The first kappa shape index (κ1) is 17.3. The van der Waals surface area contributed by atoms with E-state index in [0.717, 1.165) is 12.8 Å². The molecule has 3 nitrogen and oxygen atoms in total. The molecule has 4 aliphatic rings. The maximum Gasteiger partial charge on any atom is 0.243 e. The van der Waals surface area contributed by atoms with Gasteiger partial charge in [-0.05, 0) is 67.8 Å². The summed E-state index contributed by atoms with van der Waals surface area (Å²) in [6, 6.07) is 0.296. The first-order valence-corrected chi connectivity index (χ1v) is 10.3. The molecule has 3 fully saturated rings. The van der Waals surface area contributed by atoms with Crippen LogP contribution in [-0.2, 0) is 9.59 Å². The van der Waals surface area contributed by atoms with E-state index in [1.54, 1.807) is 6.08 Å². The van der Waals surface area contributed by atoms with Crippen LogP contribution in [-0.4, -0.2) is 17.7 Å². The lowest BCUT2D eigenvalue weighted by Crippen LogP contribution is -2.59. The van der Waals surface area contributed by atoms with Crippen LogP contribution in [0.5, 0.6) is 0 Å². The molecule has 3 aliphatic carbocycles. The van der Waals surface area contributed by atoms with E-state index in [4.69, 9.17) is 0 Å². The Morgan fingerprint density at radius 1 is 1.12 bits per heavy atom. The summed E-state index contributed by atoms with van der Waals surface area (Å²) in [4.78, 5) is 24.6. The molecule has 4 rings (SSSR count). The van der Waals surface area contributed by atoms with E-state index in [9.17, 15) is 9.59 Å². The van der Waals surface area contributed by atoms with Crippen LogP contribution in [0, 0.1) is 40.4 Å². The maximum atomic E-state index is 12.8. The molecule has 25 heavy (non-hydrogen) atoms. The summed E-state index contributed by atoms with van der Waals surface area (Å²) in [7, 11) is 0. The Hall–Kier alpha value is -1.12. The number of Topliss-reactive ketones (excluding diaryl/α,β-unsaturated/α-hetero) is 1. The van der Waals surface area contributed by atoms with Gasteiger partial charge in [0.25, 0.3) is 0 Å². The number of rotatable bonds is 2. The van der Waals surface area contributed by atoms with Gasteiger partial charge in [-0.25, -0.2) is 0 Å². The molecule has 0 aromatic rings. The maximum absolute atomic E-state index is 12.8. The number of nitrogens with one attached hydrogen (secondary N) is 1. The highest BCUT2D eigenvalue weighted by Crippen LogP contribution is 2.65. The molecule has 7 atom stereocenters. The highest BCUT2D eigenvalue weighted by molar-refractivity contribution is 5.89. The fraction of sp³-hybridized carbons (Fsp3) is 0.818. The molecular formula is C22H33NO2. The smallest absolute Gasteiger partial charge is 0.243 e. The van der Waals surface area contributed by atoms with Crippen molar-refractivity contribution in [3.63, 3.8) is 0 Å². The standard InChI is InChI=1S/C22H33NO2/c1-13(2)20(25)17-7-6-15-14-5-8-18-22(4,12-10-19(24)23-18)16(14)9-11-21(15,17)3/h10,12-18H,5-9,11H2,1-4H3,(H,23,24)/t14-,15-,16-,17+,18+,21-,22+/m0/s1. The van der Waals surface area contributed by atoms with E-state index in [0.29, 0.717) is 29.6 Å². The molecule has 1 aliphatic heterocycles. The molecule has 1 heterocycles. The highest BCUT2D eigenvalue weighted by atomic mass is 16.1. The van der Waals surface area contributed by atoms with Crippen molar-refractivity contribution in [3.05, 3.63) is 12.2 Å². The molecule has 0 spiro atoms. The monoisotopic (exact) mass is 343 g/mol. The summed E-state index contributed by atoms with van der Waals surface area (Å²) in [5.41, 5.74) is 0.297. The molecule has 1 amide bonds. The van der Waals surface area contributed by atoms with Gasteiger partial charge in [0.1, 0.15) is 5.78 Å². The fourth-order valence-corrected chi connectivity index (χ4v) is 7.20. The predicted molar refractivity (Wildman–Crippen MR) is 98.8 cm³/mol. The summed E-state index contributed by atoms with van der Waals surface area (Å²) in [6.07, 6.45) is 10.9. The summed E-state index contributed by atoms with van der Waals surface area (Å²) >= 11 is 0. The van der Waals surface area contributed by atoms with Crippen molar-refractivity contribution in [1.29, 1.82) is 0 Å². The number of carbonyl (C=O) groups excluding carboxylic acids is 2. The van der Waals surface area contributed by atoms with Crippen molar-refractivity contribution in [2.24, 2.45) is 40.4 Å². The van der Waals surface area contributed by atoms with Gasteiger partial charge in [0, 0.05) is 23.3 Å². The SMILES string of the molecule is CC(C)C(=O)[C@H]1CC[C@H]2[C@@H]3CC[C@H]4NC(=O)C=C[C@]4(C)[C@H]3CC[C@]12C. The molecule has 0 aromatic heterocycles. The lowest BCUT2D eigenvalue weighted by atomic mass is 9.47. The van der Waals surface area contributed by atoms with Gasteiger partial charge in [-0.3, -0.25) is 9.59 Å². The quantitative estimate of drug-likeness (QED) is 0.819. The summed E-state index contributed by atoms with van der Waals surface area (Å²) in [6.45, 7) is 8.90. The van der Waals surface area contributed by atoms with Crippen molar-refractivity contribution >= 4 is 11.7 Å². The first-order chi connectivity index (χ1) is 11.8. The average Bonchev–Trinajstić information content (AvgIpc) is 2.92. The number of hydrogen-bond donors (Lipinski definition) is 1. The molecule has 3 heteroatoms. The second-order valence-corrected chi connectivity index (χ2v) is 9.95. The average molecular weight is 344 g/mol. The fourth-order valence-electron chi connectivity index (χ4n) is 7.20. The van der Waals surface area contributed by atoms with Gasteiger partial charge in [-0.2, -0.15) is 0 Å². The molecule has 0 bridgehead atoms. The van der Waals surface area contributed by atoms with Crippen LogP contribution in [0.4, 0.5) is 0 Å². The third kappa shape index (κ3) is 2.37. The van der Waals surface area contributed by atoms with E-state index < -0.39 is 0 Å². The Kier molecular flexibility index (Phi) is 3.94. The van der Waals surface area contributed by atoms with Crippen LogP contribution < -0.4 is 5.32 Å². The van der Waals surface area contributed by atoms with Gasteiger partial charge in [0.05, 0.1) is 0 Å². The number of ketones is 1. The van der Waals surface area contributed by atoms with Crippen molar-refractivity contribution in [3.8, 4) is 0 Å². The summed E-state index contributed by atoms with van der Waals surface area (Å²) in [5.74, 6) is 3.04. The highest BCUT2D eigenvalue weighted by Gasteiger charge is 2.60. The molecule has 0 unspecified atom stereocenters. The van der Waals surface area contributed by atoms with E-state index in [1.807, 2.05) is 0 Å². The van der Waals surface area contributed by atoms with Crippen molar-refractivity contribution in [1.82, 2.24) is 5.32 Å². The minimum absolute atomic E-state index is 0.0741. The molecular weight excluding hydrogens is 310 g/mol. The van der Waals surface area contributed by atoms with Crippen LogP contribution in [0.2, 0.25) is 0 Å². The minimum atomic E-state index is 0.0741. The number of carbonyl (C=O) groups is 2. The molecule has 3 saturated carbocycles. The predicted octanol–water partition coefficient (Wildman–Crippen LogP) is 4.12. The van der Waals surface area contributed by atoms with Crippen molar-refractivity contribution in [2.75, 3.05) is 0 Å². The second kappa shape index (κ2) is 5.69. The third-order valence-electron chi connectivity index (χ3n) is 8.60. The Morgan fingerprint density at radius 3 is 2.60 bits per heavy atom. The summed E-state index contributed by atoms with van der Waals surface area (Å²) in [5, 5.41) is 3.22. The first-order valence-electron chi connectivity index (χ1n) is 10.3. The zero-order valence-corrected chi connectivity index (χ0v) is 16.2. The molecule has 0 saturated heterocycles. The van der Waals surface area contributed by atoms with E-state index >= 15 is 0 Å². The van der Waals surface area contributed by atoms with E-state index in [2.05, 4.69) is 39.1 Å². The topological polar surface area (TPSA) is 46.2 Å². The van der Waals surface area contributed by atoms with Crippen LogP contribution >= 0.6 is 0 Å². The number of fused-ring (bicyclic) bond motifs is 5. The van der Waals surface area contributed by atoms with Crippen LogP contribution in [0.15, 0.2) is 12.2 Å². The Bertz CT molecular complexity index is 624. The normalized spacial score (nSPS) is 48.5. The van der Waals surface area contributed by atoms with Gasteiger partial charge in [-0.1, -0.05) is 33.8 Å². The minimum Gasteiger partial charge on any atom is -0.349 e. The zero-order valence-electron chi connectivity index (χ0n) is 16.2. The second-order valence-electron chi connectivity index (χ2n) is 9.95. The van der Waals surface area contributed by atoms with Crippen molar-refractivity contribution in [2.45, 2.75) is 72.3 Å². The number of hydrogen-bond acceptors (Lipinski definition) is 2. The van der Waals surface area contributed by atoms with Crippen molar-refractivity contribution < 1.29 is 9.59 Å². The lowest BCUT2D eigenvalue weighted by Gasteiger charge is -2.58. The third-order valence-corrected chi connectivity index (χ3v) is 8.60. The molecule has 138 valence electrons. The van der Waals surface area contributed by atoms with Crippen LogP contribution in [0.1, 0.15) is 66.2 Å². The lowest BCUT2D eigenvalue weighted by molar-refractivity contribution is -0.134. The summed E-state index contributed by atoms with van der Waals surface area (Å²) < 4.78 is 0. The van der Waals surface area contributed by atoms with E-state index in [1.165, 1.54) is 25.7 Å². The van der Waals surface area contributed by atoms with Gasteiger partial charge in [-0.15, -0.1) is 0 Å². The van der Waals surface area contributed by atoms with Gasteiger partial charge in [0.15, 0.2) is 0 Å². The Labute approximate surface area is 152 Å². The van der Waals surface area contributed by atoms with Gasteiger partial charge in [0.2, 0.25) is 5.91 Å². The molecule has 0 radical (unpaired) electrons. The van der Waals surface area contributed by atoms with Gasteiger partial charge < -0.3 is 5.32 Å². The molecule has 1 N–H and O–H groups in total. The Morgan fingerprint density at radius 2 is 1.88 bits per heavy atom.